The summed E-state index contributed by atoms with van der Waals surface area (Å²) < 4.78 is 5.61. The molecule has 0 bridgehead atoms. The average molecular weight is 507 g/mol. The largest absolute Gasteiger partial charge is 0.507 e. The lowest BCUT2D eigenvalue weighted by Crippen LogP contribution is -2.29. The minimum Gasteiger partial charge on any atom is -0.507 e. The third-order valence-corrected chi connectivity index (χ3v) is 6.70. The molecule has 1 unspecified atom stereocenters. The van der Waals surface area contributed by atoms with Crippen LogP contribution in [0.2, 0.25) is 10.0 Å². The van der Waals surface area contributed by atoms with Crippen LogP contribution in [0.3, 0.4) is 0 Å². The predicted octanol–water partition coefficient (Wildman–Crippen LogP) is 6.50. The molecule has 1 atom stereocenters. The number of aromatic nitrogens is 1. The van der Waals surface area contributed by atoms with Crippen molar-refractivity contribution in [2.45, 2.75) is 13.0 Å². The molecule has 1 aliphatic heterocycles. The van der Waals surface area contributed by atoms with Crippen LogP contribution in [0.4, 0.5) is 5.69 Å². The summed E-state index contributed by atoms with van der Waals surface area (Å²) in [7, 11) is 0. The van der Waals surface area contributed by atoms with Crippen molar-refractivity contribution in [1.29, 1.82) is 0 Å². The van der Waals surface area contributed by atoms with Crippen molar-refractivity contribution in [2.24, 2.45) is 0 Å². The van der Waals surface area contributed by atoms with Crippen LogP contribution in [-0.4, -0.2) is 28.4 Å². The molecule has 1 amide bonds. The van der Waals surface area contributed by atoms with Gasteiger partial charge in [0.15, 0.2) is 0 Å². The fourth-order valence-corrected chi connectivity index (χ4v) is 4.70. The van der Waals surface area contributed by atoms with Gasteiger partial charge in [-0.3, -0.25) is 14.5 Å². The Morgan fingerprint density at radius 2 is 1.83 bits per heavy atom. The number of ether oxygens (including phenoxy) is 1. The third-order valence-electron chi connectivity index (χ3n) is 5.96. The van der Waals surface area contributed by atoms with Gasteiger partial charge in [-0.15, -0.1) is 0 Å². The summed E-state index contributed by atoms with van der Waals surface area (Å²) in [5.74, 6) is -1.32. The van der Waals surface area contributed by atoms with Gasteiger partial charge in [0.25, 0.3) is 11.7 Å². The quantitative estimate of drug-likeness (QED) is 0.184. The van der Waals surface area contributed by atoms with Crippen molar-refractivity contribution in [3.05, 3.63) is 99.7 Å². The van der Waals surface area contributed by atoms with Crippen molar-refractivity contribution < 1.29 is 19.4 Å². The maximum Gasteiger partial charge on any atom is 0.300 e. The van der Waals surface area contributed by atoms with Crippen molar-refractivity contribution in [3.8, 4) is 5.75 Å². The van der Waals surface area contributed by atoms with Gasteiger partial charge < -0.3 is 14.8 Å². The molecule has 3 aromatic carbocycles. The standard InChI is InChI=1S/C27H20Cl2N2O4/c1-2-35-17-7-5-6-16(13-17)31-24(19-14-30-22-9-4-3-8-18(19)22)23(26(33)27(31)34)25(32)15-10-11-20(28)21(29)12-15/h3-14,24,30,32H,2H2,1H3/b25-23+. The summed E-state index contributed by atoms with van der Waals surface area (Å²) in [6.07, 6.45) is 1.75. The van der Waals surface area contributed by atoms with Crippen LogP contribution >= 0.6 is 23.2 Å². The Morgan fingerprint density at radius 3 is 2.60 bits per heavy atom. The van der Waals surface area contributed by atoms with E-state index < -0.39 is 17.7 Å². The van der Waals surface area contributed by atoms with Gasteiger partial charge in [-0.2, -0.15) is 0 Å². The van der Waals surface area contributed by atoms with E-state index in [2.05, 4.69) is 4.98 Å². The number of Topliss-reactive ketones (excluding diaryl/α,β-unsaturated/α-hetero) is 1. The van der Waals surface area contributed by atoms with E-state index in [9.17, 15) is 14.7 Å². The highest BCUT2D eigenvalue weighted by Gasteiger charge is 2.47. The number of para-hydroxylation sites is 1. The number of halogens is 2. The highest BCUT2D eigenvalue weighted by atomic mass is 35.5. The first-order chi connectivity index (χ1) is 16.9. The van der Waals surface area contributed by atoms with Crippen LogP contribution in [0.25, 0.3) is 16.7 Å². The van der Waals surface area contributed by atoms with Gasteiger partial charge in [-0.25, -0.2) is 0 Å². The van der Waals surface area contributed by atoms with E-state index in [0.29, 0.717) is 28.6 Å². The van der Waals surface area contributed by atoms with Crippen LogP contribution < -0.4 is 9.64 Å². The molecule has 4 aromatic rings. The number of hydrogen-bond donors (Lipinski definition) is 2. The van der Waals surface area contributed by atoms with E-state index in [1.165, 1.54) is 17.0 Å². The Kier molecular flexibility index (Phi) is 6.01. The zero-order chi connectivity index (χ0) is 24.7. The summed E-state index contributed by atoms with van der Waals surface area (Å²) in [6.45, 7) is 2.31. The fourth-order valence-electron chi connectivity index (χ4n) is 4.40. The molecule has 8 heteroatoms. The van der Waals surface area contributed by atoms with Crippen molar-refractivity contribution in [2.75, 3.05) is 11.5 Å². The number of aliphatic hydroxyl groups is 1. The van der Waals surface area contributed by atoms with Crippen LogP contribution in [0.1, 0.15) is 24.1 Å². The lowest BCUT2D eigenvalue weighted by Gasteiger charge is -2.25. The average Bonchev–Trinajstić information content (AvgIpc) is 3.39. The highest BCUT2D eigenvalue weighted by molar-refractivity contribution is 6.52. The van der Waals surface area contributed by atoms with Gasteiger partial charge in [0, 0.05) is 40.0 Å². The molecular formula is C27H20Cl2N2O4. The number of fused-ring (bicyclic) bond motifs is 1. The van der Waals surface area contributed by atoms with E-state index in [0.717, 1.165) is 10.9 Å². The van der Waals surface area contributed by atoms with Crippen molar-refractivity contribution >= 4 is 57.2 Å². The minimum absolute atomic E-state index is 0.0417. The van der Waals surface area contributed by atoms with Crippen LogP contribution in [-0.2, 0) is 9.59 Å². The van der Waals surface area contributed by atoms with Gasteiger partial charge >= 0.3 is 0 Å². The van der Waals surface area contributed by atoms with E-state index in [4.69, 9.17) is 27.9 Å². The Labute approximate surface area is 211 Å². The Balaban J connectivity index is 1.76. The van der Waals surface area contributed by atoms with Crippen LogP contribution in [0.15, 0.2) is 78.5 Å². The number of anilines is 1. The molecule has 1 aliphatic rings. The maximum absolute atomic E-state index is 13.4. The van der Waals surface area contributed by atoms with Crippen LogP contribution in [0.5, 0.6) is 5.75 Å². The molecule has 35 heavy (non-hydrogen) atoms. The first-order valence-electron chi connectivity index (χ1n) is 11.0. The molecule has 0 radical (unpaired) electrons. The second-order valence-corrected chi connectivity index (χ2v) is 8.83. The zero-order valence-corrected chi connectivity index (χ0v) is 20.1. The molecule has 176 valence electrons. The van der Waals surface area contributed by atoms with Gasteiger partial charge in [-0.05, 0) is 43.3 Å². The molecule has 1 aromatic heterocycles. The van der Waals surface area contributed by atoms with Gasteiger partial charge in [0.1, 0.15) is 11.5 Å². The predicted molar refractivity (Wildman–Crippen MR) is 137 cm³/mol. The summed E-state index contributed by atoms with van der Waals surface area (Å²) >= 11 is 12.2. The Bertz CT molecular complexity index is 1510. The molecular weight excluding hydrogens is 487 g/mol. The molecule has 0 saturated carbocycles. The maximum atomic E-state index is 13.4. The van der Waals surface area contributed by atoms with Crippen molar-refractivity contribution in [3.63, 3.8) is 0 Å². The number of H-pyrrole nitrogens is 1. The summed E-state index contributed by atoms with van der Waals surface area (Å²) in [5.41, 5.74) is 2.22. The number of nitrogens with zero attached hydrogens (tertiary/aromatic N) is 1. The molecule has 2 N–H and O–H groups in total. The first kappa shape index (κ1) is 23.0. The Hall–Kier alpha value is -3.74. The lowest BCUT2D eigenvalue weighted by atomic mass is 9.94. The highest BCUT2D eigenvalue weighted by Crippen LogP contribution is 2.45. The summed E-state index contributed by atoms with van der Waals surface area (Å²) in [5, 5.41) is 12.7. The summed E-state index contributed by atoms with van der Waals surface area (Å²) in [6, 6.07) is 18.2. The van der Waals surface area contributed by atoms with Crippen LogP contribution in [0, 0.1) is 0 Å². The molecule has 6 nitrogen and oxygen atoms in total. The number of nitrogens with one attached hydrogen (secondary N) is 1. The second-order valence-electron chi connectivity index (χ2n) is 8.02. The smallest absolute Gasteiger partial charge is 0.300 e. The Morgan fingerprint density at radius 1 is 1.03 bits per heavy atom. The molecule has 0 aliphatic carbocycles. The number of hydrogen-bond acceptors (Lipinski definition) is 4. The van der Waals surface area contributed by atoms with E-state index in [1.807, 2.05) is 31.2 Å². The molecule has 1 fully saturated rings. The molecule has 5 rings (SSSR count). The number of rotatable bonds is 5. The molecule has 1 saturated heterocycles. The molecule has 0 spiro atoms. The third kappa shape index (κ3) is 3.95. The SMILES string of the molecule is CCOc1cccc(N2C(=O)C(=O)/C(=C(/O)c3ccc(Cl)c(Cl)c3)C2c2c[nH]c3ccccc23)c1. The van der Waals surface area contributed by atoms with E-state index in [1.54, 1.807) is 36.5 Å². The first-order valence-corrected chi connectivity index (χ1v) is 11.7. The number of ketones is 1. The number of benzene rings is 3. The number of carbonyl (C=O) groups excluding carboxylic acids is 2. The second kappa shape index (κ2) is 9.13. The normalized spacial score (nSPS) is 17.3. The van der Waals surface area contributed by atoms with E-state index in [-0.39, 0.29) is 21.9 Å². The van der Waals surface area contributed by atoms with Gasteiger partial charge in [-0.1, -0.05) is 47.5 Å². The number of aliphatic hydroxyl groups excluding tert-OH is 1. The monoisotopic (exact) mass is 506 g/mol. The van der Waals surface area contributed by atoms with Gasteiger partial charge in [0.2, 0.25) is 0 Å². The lowest BCUT2D eigenvalue weighted by molar-refractivity contribution is -0.132. The fraction of sp³-hybridized carbons (Fsp3) is 0.111. The summed E-state index contributed by atoms with van der Waals surface area (Å²) in [4.78, 5) is 31.4. The number of carbonyl (C=O) groups is 2. The zero-order valence-electron chi connectivity index (χ0n) is 18.6. The van der Waals surface area contributed by atoms with E-state index >= 15 is 0 Å². The molecule has 2 heterocycles. The number of aromatic amines is 1. The topological polar surface area (TPSA) is 82.6 Å². The minimum atomic E-state index is -0.891. The number of amides is 1. The van der Waals surface area contributed by atoms with Gasteiger partial charge in [0.05, 0.1) is 28.3 Å². The van der Waals surface area contributed by atoms with Crippen molar-refractivity contribution in [1.82, 2.24) is 4.98 Å².